The van der Waals surface area contributed by atoms with Crippen LogP contribution in [-0.4, -0.2) is 0 Å². The zero-order valence-electron chi connectivity index (χ0n) is 11.3. The van der Waals surface area contributed by atoms with E-state index in [2.05, 4.69) is 0 Å². The van der Waals surface area contributed by atoms with Crippen LogP contribution in [0.1, 0.15) is 36.0 Å². The lowest BCUT2D eigenvalue weighted by Crippen LogP contribution is -2.08. The Balaban J connectivity index is 2.24. The standard InChI is InChI=1S/C17H17F3/c1-2-14(11-13-7-4-3-5-8-13)15-9-6-10-16(12-15)17(18,19)20/h3-10,12,14H,2,11H2,1H3. The van der Waals surface area contributed by atoms with E-state index in [0.717, 1.165) is 30.0 Å². The van der Waals surface area contributed by atoms with Crippen molar-refractivity contribution in [2.24, 2.45) is 0 Å². The zero-order chi connectivity index (χ0) is 14.6. The quantitative estimate of drug-likeness (QED) is 0.698. The fourth-order valence-corrected chi connectivity index (χ4v) is 2.37. The minimum Gasteiger partial charge on any atom is -0.166 e. The van der Waals surface area contributed by atoms with Crippen LogP contribution in [0.2, 0.25) is 0 Å². The SMILES string of the molecule is CCC(Cc1ccccc1)c1cccc(C(F)(F)F)c1. The normalized spacial score (nSPS) is 13.2. The van der Waals surface area contributed by atoms with E-state index in [-0.39, 0.29) is 5.92 Å². The summed E-state index contributed by atoms with van der Waals surface area (Å²) in [5, 5.41) is 0. The molecule has 0 heterocycles. The molecular formula is C17H17F3. The second-order valence-electron chi connectivity index (χ2n) is 4.92. The molecule has 20 heavy (non-hydrogen) atoms. The molecule has 2 aromatic rings. The molecule has 0 radical (unpaired) electrons. The van der Waals surface area contributed by atoms with Crippen molar-refractivity contribution in [2.45, 2.75) is 31.9 Å². The van der Waals surface area contributed by atoms with E-state index in [1.165, 1.54) is 12.1 Å². The molecule has 0 aromatic heterocycles. The smallest absolute Gasteiger partial charge is 0.166 e. The topological polar surface area (TPSA) is 0 Å². The molecule has 0 saturated heterocycles. The van der Waals surface area contributed by atoms with E-state index >= 15 is 0 Å². The highest BCUT2D eigenvalue weighted by Crippen LogP contribution is 2.32. The molecule has 106 valence electrons. The van der Waals surface area contributed by atoms with Crippen molar-refractivity contribution in [3.8, 4) is 0 Å². The number of hydrogen-bond donors (Lipinski definition) is 0. The minimum absolute atomic E-state index is 0.111. The van der Waals surface area contributed by atoms with Crippen molar-refractivity contribution in [2.75, 3.05) is 0 Å². The van der Waals surface area contributed by atoms with Gasteiger partial charge in [-0.15, -0.1) is 0 Å². The van der Waals surface area contributed by atoms with Crippen LogP contribution >= 0.6 is 0 Å². The average molecular weight is 278 g/mol. The predicted molar refractivity (Wildman–Crippen MR) is 74.6 cm³/mol. The summed E-state index contributed by atoms with van der Waals surface area (Å²) in [7, 11) is 0. The first kappa shape index (κ1) is 14.6. The van der Waals surface area contributed by atoms with E-state index in [4.69, 9.17) is 0 Å². The summed E-state index contributed by atoms with van der Waals surface area (Å²) in [5.41, 5.74) is 1.34. The lowest BCUT2D eigenvalue weighted by atomic mass is 9.89. The summed E-state index contributed by atoms with van der Waals surface area (Å²) in [6.07, 6.45) is -2.70. The van der Waals surface area contributed by atoms with Crippen LogP contribution in [-0.2, 0) is 12.6 Å². The summed E-state index contributed by atoms with van der Waals surface area (Å²) >= 11 is 0. The minimum atomic E-state index is -4.28. The van der Waals surface area contributed by atoms with Gasteiger partial charge in [-0.25, -0.2) is 0 Å². The molecule has 0 aliphatic carbocycles. The van der Waals surface area contributed by atoms with E-state index in [9.17, 15) is 13.2 Å². The Hall–Kier alpha value is -1.77. The van der Waals surface area contributed by atoms with Crippen molar-refractivity contribution in [3.05, 3.63) is 71.3 Å². The van der Waals surface area contributed by atoms with Gasteiger partial charge in [0.25, 0.3) is 0 Å². The highest BCUT2D eigenvalue weighted by atomic mass is 19.4. The molecule has 0 N–H and O–H groups in total. The van der Waals surface area contributed by atoms with Crippen molar-refractivity contribution in [3.63, 3.8) is 0 Å². The molecule has 0 amide bonds. The van der Waals surface area contributed by atoms with Gasteiger partial charge < -0.3 is 0 Å². The number of halogens is 3. The Morgan fingerprint density at radius 1 is 0.950 bits per heavy atom. The number of benzene rings is 2. The Morgan fingerprint density at radius 2 is 1.65 bits per heavy atom. The maximum absolute atomic E-state index is 12.8. The average Bonchev–Trinajstić information content (AvgIpc) is 2.45. The first-order valence-corrected chi connectivity index (χ1v) is 6.71. The summed E-state index contributed by atoms with van der Waals surface area (Å²) < 4.78 is 38.3. The van der Waals surface area contributed by atoms with Gasteiger partial charge in [0.2, 0.25) is 0 Å². The second kappa shape index (κ2) is 6.12. The highest BCUT2D eigenvalue weighted by Gasteiger charge is 2.30. The molecule has 0 bridgehead atoms. The highest BCUT2D eigenvalue weighted by molar-refractivity contribution is 5.30. The molecule has 0 nitrogen and oxygen atoms in total. The fraction of sp³-hybridized carbons (Fsp3) is 0.294. The summed E-state index contributed by atoms with van der Waals surface area (Å²) in [6.45, 7) is 2.01. The van der Waals surface area contributed by atoms with Gasteiger partial charge >= 0.3 is 6.18 Å². The predicted octanol–water partition coefficient (Wildman–Crippen LogP) is 5.44. The molecule has 3 heteroatoms. The molecule has 0 fully saturated rings. The third-order valence-corrected chi connectivity index (χ3v) is 3.50. The molecule has 0 aliphatic rings. The van der Waals surface area contributed by atoms with Crippen molar-refractivity contribution in [1.82, 2.24) is 0 Å². The Labute approximate surface area is 117 Å². The van der Waals surface area contributed by atoms with Gasteiger partial charge in [0.05, 0.1) is 5.56 Å². The third-order valence-electron chi connectivity index (χ3n) is 3.50. The van der Waals surface area contributed by atoms with E-state index in [0.29, 0.717) is 0 Å². The molecular weight excluding hydrogens is 261 g/mol. The van der Waals surface area contributed by atoms with Crippen LogP contribution in [0.5, 0.6) is 0 Å². The van der Waals surface area contributed by atoms with Crippen LogP contribution in [0.25, 0.3) is 0 Å². The van der Waals surface area contributed by atoms with Gasteiger partial charge in [-0.3, -0.25) is 0 Å². The maximum Gasteiger partial charge on any atom is 0.416 e. The summed E-state index contributed by atoms with van der Waals surface area (Å²) in [5.74, 6) is 0.111. The summed E-state index contributed by atoms with van der Waals surface area (Å²) in [6, 6.07) is 15.5. The maximum atomic E-state index is 12.8. The van der Waals surface area contributed by atoms with E-state index in [1.807, 2.05) is 37.3 Å². The van der Waals surface area contributed by atoms with Gasteiger partial charge in [-0.2, -0.15) is 13.2 Å². The number of hydrogen-bond acceptors (Lipinski definition) is 0. The molecule has 2 rings (SSSR count). The van der Waals surface area contributed by atoms with Crippen LogP contribution in [0, 0.1) is 0 Å². The van der Waals surface area contributed by atoms with Crippen LogP contribution in [0.4, 0.5) is 13.2 Å². The van der Waals surface area contributed by atoms with Crippen LogP contribution in [0.15, 0.2) is 54.6 Å². The van der Waals surface area contributed by atoms with Crippen LogP contribution < -0.4 is 0 Å². The zero-order valence-corrected chi connectivity index (χ0v) is 11.3. The van der Waals surface area contributed by atoms with Crippen molar-refractivity contribution in [1.29, 1.82) is 0 Å². The first-order chi connectivity index (χ1) is 9.50. The summed E-state index contributed by atoms with van der Waals surface area (Å²) in [4.78, 5) is 0. The largest absolute Gasteiger partial charge is 0.416 e. The fourth-order valence-electron chi connectivity index (χ4n) is 2.37. The van der Waals surface area contributed by atoms with E-state index < -0.39 is 11.7 Å². The lowest BCUT2D eigenvalue weighted by molar-refractivity contribution is -0.137. The lowest BCUT2D eigenvalue weighted by Gasteiger charge is -2.17. The molecule has 0 aliphatic heterocycles. The molecule has 1 unspecified atom stereocenters. The Kier molecular flexibility index (Phi) is 4.48. The first-order valence-electron chi connectivity index (χ1n) is 6.71. The number of alkyl halides is 3. The Morgan fingerprint density at radius 3 is 2.25 bits per heavy atom. The molecule has 1 atom stereocenters. The van der Waals surface area contributed by atoms with Gasteiger partial charge in [0, 0.05) is 0 Å². The van der Waals surface area contributed by atoms with Gasteiger partial charge in [0.15, 0.2) is 0 Å². The molecule has 0 spiro atoms. The Bertz CT molecular complexity index is 544. The van der Waals surface area contributed by atoms with Gasteiger partial charge in [-0.05, 0) is 36.0 Å². The van der Waals surface area contributed by atoms with Crippen molar-refractivity contribution >= 4 is 0 Å². The monoisotopic (exact) mass is 278 g/mol. The van der Waals surface area contributed by atoms with Crippen LogP contribution in [0.3, 0.4) is 0 Å². The third kappa shape index (κ3) is 3.62. The second-order valence-corrected chi connectivity index (χ2v) is 4.92. The van der Waals surface area contributed by atoms with Gasteiger partial charge in [0.1, 0.15) is 0 Å². The number of rotatable bonds is 4. The van der Waals surface area contributed by atoms with Crippen molar-refractivity contribution < 1.29 is 13.2 Å². The molecule has 0 saturated carbocycles. The van der Waals surface area contributed by atoms with Gasteiger partial charge in [-0.1, -0.05) is 55.5 Å². The molecule has 2 aromatic carbocycles. The van der Waals surface area contributed by atoms with E-state index in [1.54, 1.807) is 6.07 Å².